The van der Waals surface area contributed by atoms with Gasteiger partial charge in [0.1, 0.15) is 5.75 Å². The van der Waals surface area contributed by atoms with Gasteiger partial charge >= 0.3 is 0 Å². The second-order valence-corrected chi connectivity index (χ2v) is 4.14. The van der Waals surface area contributed by atoms with E-state index in [-0.39, 0.29) is 0 Å². The molecule has 0 aliphatic heterocycles. The average Bonchev–Trinajstić information content (AvgIpc) is 2.15. The summed E-state index contributed by atoms with van der Waals surface area (Å²) in [6.45, 7) is 0. The third kappa shape index (κ3) is 1.49. The lowest BCUT2D eigenvalue weighted by Gasteiger charge is -2.37. The molecule has 3 heteroatoms. The Morgan fingerprint density at radius 3 is 2.64 bits per heavy atom. The van der Waals surface area contributed by atoms with Crippen molar-refractivity contribution in [2.75, 3.05) is 7.11 Å². The van der Waals surface area contributed by atoms with Gasteiger partial charge in [-0.25, -0.2) is 0 Å². The number of benzene rings is 1. The first-order chi connectivity index (χ1) is 6.65. The molecule has 14 heavy (non-hydrogen) atoms. The van der Waals surface area contributed by atoms with Gasteiger partial charge in [-0.3, -0.25) is 0 Å². The molecule has 1 aliphatic rings. The maximum Gasteiger partial charge on any atom is 0.119 e. The Bertz CT molecular complexity index is 345. The number of hydrogen-bond acceptors (Lipinski definition) is 2. The van der Waals surface area contributed by atoms with E-state index in [2.05, 4.69) is 0 Å². The maximum atomic E-state index is 10.1. The molecule has 0 heterocycles. The van der Waals surface area contributed by atoms with Crippen LogP contribution in [0.1, 0.15) is 24.8 Å². The summed E-state index contributed by atoms with van der Waals surface area (Å²) in [4.78, 5) is 0. The molecule has 0 spiro atoms. The Morgan fingerprint density at radius 2 is 2.14 bits per heavy atom. The van der Waals surface area contributed by atoms with Crippen LogP contribution < -0.4 is 4.74 Å². The number of ether oxygens (including phenoxy) is 1. The summed E-state index contributed by atoms with van der Waals surface area (Å²) in [7, 11) is 1.61. The third-order valence-corrected chi connectivity index (χ3v) is 3.19. The van der Waals surface area contributed by atoms with E-state index >= 15 is 0 Å². The molecule has 0 aromatic heterocycles. The number of aliphatic hydroxyl groups is 1. The van der Waals surface area contributed by atoms with Crippen LogP contribution >= 0.6 is 11.6 Å². The Hall–Kier alpha value is -0.730. The number of methoxy groups -OCH3 is 1. The first kappa shape index (κ1) is 9.81. The lowest BCUT2D eigenvalue weighted by molar-refractivity contribution is -0.0388. The molecule has 76 valence electrons. The molecule has 2 nitrogen and oxygen atoms in total. The molecule has 1 N–H and O–H groups in total. The van der Waals surface area contributed by atoms with Gasteiger partial charge in [-0.15, -0.1) is 0 Å². The number of rotatable bonds is 2. The van der Waals surface area contributed by atoms with Crippen LogP contribution in [-0.4, -0.2) is 12.2 Å². The van der Waals surface area contributed by atoms with Crippen molar-refractivity contribution in [2.45, 2.75) is 24.9 Å². The van der Waals surface area contributed by atoms with Crippen LogP contribution in [0.15, 0.2) is 18.2 Å². The summed E-state index contributed by atoms with van der Waals surface area (Å²) < 4.78 is 5.10. The van der Waals surface area contributed by atoms with Crippen LogP contribution in [0.3, 0.4) is 0 Å². The zero-order valence-corrected chi connectivity index (χ0v) is 8.84. The second-order valence-electron chi connectivity index (χ2n) is 3.73. The SMILES string of the molecule is COc1ccc(Cl)c(C2(O)CCC2)c1. The van der Waals surface area contributed by atoms with Gasteiger partial charge < -0.3 is 9.84 Å². The summed E-state index contributed by atoms with van der Waals surface area (Å²) in [6.07, 6.45) is 2.64. The Morgan fingerprint density at radius 1 is 1.43 bits per heavy atom. The van der Waals surface area contributed by atoms with Crippen molar-refractivity contribution >= 4 is 11.6 Å². The topological polar surface area (TPSA) is 29.5 Å². The van der Waals surface area contributed by atoms with Gasteiger partial charge in [-0.2, -0.15) is 0 Å². The van der Waals surface area contributed by atoms with Crippen LogP contribution in [0, 0.1) is 0 Å². The smallest absolute Gasteiger partial charge is 0.119 e. The van der Waals surface area contributed by atoms with Crippen LogP contribution in [-0.2, 0) is 5.60 Å². The van der Waals surface area contributed by atoms with Gasteiger partial charge in [0.15, 0.2) is 0 Å². The highest BCUT2D eigenvalue weighted by molar-refractivity contribution is 6.31. The van der Waals surface area contributed by atoms with Crippen molar-refractivity contribution in [3.8, 4) is 5.75 Å². The van der Waals surface area contributed by atoms with Crippen molar-refractivity contribution in [3.05, 3.63) is 28.8 Å². The molecule has 2 rings (SSSR count). The van der Waals surface area contributed by atoms with E-state index < -0.39 is 5.60 Å². The fraction of sp³-hybridized carbons (Fsp3) is 0.455. The lowest BCUT2D eigenvalue weighted by atomic mass is 9.75. The molecule has 0 unspecified atom stereocenters. The van der Waals surface area contributed by atoms with Gasteiger partial charge in [0, 0.05) is 10.6 Å². The van der Waals surface area contributed by atoms with Gasteiger partial charge in [0.25, 0.3) is 0 Å². The molecule has 0 radical (unpaired) electrons. The summed E-state index contributed by atoms with van der Waals surface area (Å²) in [5.74, 6) is 0.740. The predicted octanol–water partition coefficient (Wildman–Crippen LogP) is 2.72. The quantitative estimate of drug-likeness (QED) is 0.817. The zero-order valence-electron chi connectivity index (χ0n) is 8.09. The molecule has 1 aliphatic carbocycles. The summed E-state index contributed by atoms with van der Waals surface area (Å²) >= 11 is 6.03. The van der Waals surface area contributed by atoms with E-state index in [4.69, 9.17) is 16.3 Å². The number of halogens is 1. The average molecular weight is 213 g/mol. The zero-order chi connectivity index (χ0) is 10.2. The van der Waals surface area contributed by atoms with Crippen molar-refractivity contribution in [2.24, 2.45) is 0 Å². The minimum atomic E-state index is -0.717. The van der Waals surface area contributed by atoms with E-state index in [9.17, 15) is 5.11 Å². The largest absolute Gasteiger partial charge is 0.497 e. The Labute approximate surface area is 88.5 Å². The standard InChI is InChI=1S/C11H13ClO2/c1-14-8-3-4-10(12)9(7-8)11(13)5-2-6-11/h3-4,7,13H,2,5-6H2,1H3. The van der Waals surface area contributed by atoms with Gasteiger partial charge in [0.05, 0.1) is 12.7 Å². The van der Waals surface area contributed by atoms with Gasteiger partial charge in [-0.1, -0.05) is 11.6 Å². The van der Waals surface area contributed by atoms with Crippen LogP contribution in [0.25, 0.3) is 0 Å². The lowest BCUT2D eigenvalue weighted by Crippen LogP contribution is -2.33. The molecule has 0 bridgehead atoms. The van der Waals surface area contributed by atoms with Crippen LogP contribution in [0.4, 0.5) is 0 Å². The van der Waals surface area contributed by atoms with E-state index in [0.717, 1.165) is 30.6 Å². The maximum absolute atomic E-state index is 10.1. The molecule has 1 fully saturated rings. The van der Waals surface area contributed by atoms with E-state index in [0.29, 0.717) is 5.02 Å². The first-order valence-electron chi connectivity index (χ1n) is 4.72. The Kier molecular flexibility index (Phi) is 2.41. The first-order valence-corrected chi connectivity index (χ1v) is 5.10. The summed E-state index contributed by atoms with van der Waals surface area (Å²) in [6, 6.07) is 5.39. The third-order valence-electron chi connectivity index (χ3n) is 2.86. The highest BCUT2D eigenvalue weighted by Crippen LogP contribution is 2.44. The minimum Gasteiger partial charge on any atom is -0.497 e. The fourth-order valence-corrected chi connectivity index (χ4v) is 2.06. The molecule has 1 aromatic rings. The van der Waals surface area contributed by atoms with Gasteiger partial charge in [-0.05, 0) is 37.5 Å². The highest BCUT2D eigenvalue weighted by atomic mass is 35.5. The summed E-state index contributed by atoms with van der Waals surface area (Å²) in [5.41, 5.74) is 0.0794. The fourth-order valence-electron chi connectivity index (χ4n) is 1.77. The van der Waals surface area contributed by atoms with Crippen molar-refractivity contribution < 1.29 is 9.84 Å². The van der Waals surface area contributed by atoms with E-state index in [1.807, 2.05) is 6.07 Å². The Balaban J connectivity index is 2.40. The van der Waals surface area contributed by atoms with Gasteiger partial charge in [0.2, 0.25) is 0 Å². The summed E-state index contributed by atoms with van der Waals surface area (Å²) in [5, 5.41) is 10.8. The van der Waals surface area contributed by atoms with Crippen LogP contribution in [0.5, 0.6) is 5.75 Å². The normalized spacial score (nSPS) is 18.8. The molecule has 1 saturated carbocycles. The number of hydrogen-bond donors (Lipinski definition) is 1. The molecule has 0 amide bonds. The van der Waals surface area contributed by atoms with Crippen molar-refractivity contribution in [3.63, 3.8) is 0 Å². The molecular weight excluding hydrogens is 200 g/mol. The van der Waals surface area contributed by atoms with Crippen LogP contribution in [0.2, 0.25) is 5.02 Å². The molecular formula is C11H13ClO2. The highest BCUT2D eigenvalue weighted by Gasteiger charge is 2.37. The van der Waals surface area contributed by atoms with Crippen molar-refractivity contribution in [1.82, 2.24) is 0 Å². The van der Waals surface area contributed by atoms with Crippen molar-refractivity contribution in [1.29, 1.82) is 0 Å². The monoisotopic (exact) mass is 212 g/mol. The van der Waals surface area contributed by atoms with E-state index in [1.165, 1.54) is 0 Å². The molecule has 1 aromatic carbocycles. The predicted molar refractivity (Wildman–Crippen MR) is 55.8 cm³/mol. The second kappa shape index (κ2) is 3.44. The van der Waals surface area contributed by atoms with E-state index in [1.54, 1.807) is 19.2 Å². The molecule has 0 saturated heterocycles. The molecule has 0 atom stereocenters. The minimum absolute atomic E-state index is 0.619.